The van der Waals surface area contributed by atoms with Crippen LogP contribution in [0.2, 0.25) is 0 Å². The molecule has 6 aliphatic heterocycles. The van der Waals surface area contributed by atoms with E-state index in [2.05, 4.69) is 141 Å². The number of nitrogens with zero attached hydrogens (tertiary/aromatic N) is 4. The Bertz CT molecular complexity index is 1220. The Morgan fingerprint density at radius 2 is 0.500 bits per heavy atom. The minimum atomic E-state index is 0.458. The number of rotatable bonds is 4. The number of piperazine rings is 2. The Hall–Kier alpha value is -3.28. The maximum atomic E-state index is 2.82. The molecule has 0 aromatic heterocycles. The molecule has 6 aliphatic rings. The highest BCUT2D eigenvalue weighted by Gasteiger charge is 2.36. The van der Waals surface area contributed by atoms with Gasteiger partial charge in [-0.15, -0.1) is 0 Å². The van der Waals surface area contributed by atoms with Crippen LogP contribution in [0.1, 0.15) is 84.9 Å². The smallest absolute Gasteiger partial charge is 0.0476 e. The average molecular weight is 613 g/mol. The van der Waals surface area contributed by atoms with E-state index in [-0.39, 0.29) is 0 Å². The van der Waals surface area contributed by atoms with Crippen molar-refractivity contribution in [2.24, 2.45) is 0 Å². The lowest BCUT2D eigenvalue weighted by atomic mass is 9.93. The van der Waals surface area contributed by atoms with Crippen molar-refractivity contribution in [3.8, 4) is 0 Å². The molecule has 0 N–H and O–H groups in total. The average Bonchev–Trinajstić information content (AvgIpc) is 3.12. The lowest BCUT2D eigenvalue weighted by Gasteiger charge is -2.48. The molecule has 0 aliphatic carbocycles. The molecule has 6 heterocycles. The Labute approximate surface area is 277 Å². The third-order valence-electron chi connectivity index (χ3n) is 10.9. The topological polar surface area (TPSA) is 13.0 Å². The zero-order valence-electron chi connectivity index (χ0n) is 27.5. The van der Waals surface area contributed by atoms with Gasteiger partial charge >= 0.3 is 0 Å². The van der Waals surface area contributed by atoms with Crippen molar-refractivity contribution in [1.29, 1.82) is 0 Å². The van der Waals surface area contributed by atoms with Gasteiger partial charge in [0, 0.05) is 50.3 Å². The van der Waals surface area contributed by atoms with Crippen LogP contribution in [-0.4, -0.2) is 72.0 Å². The third-order valence-corrected chi connectivity index (χ3v) is 10.9. The molecule has 8 atom stereocenters. The van der Waals surface area contributed by atoms with Crippen LogP contribution in [0.3, 0.4) is 0 Å². The lowest BCUT2D eigenvalue weighted by molar-refractivity contribution is 0.0157. The minimum absolute atomic E-state index is 0.458. The van der Waals surface area contributed by atoms with Crippen LogP contribution in [0.4, 0.5) is 0 Å². The molecule has 0 spiro atoms. The van der Waals surface area contributed by atoms with Gasteiger partial charge in [-0.3, -0.25) is 19.6 Å². The van der Waals surface area contributed by atoms with Crippen LogP contribution < -0.4 is 0 Å². The van der Waals surface area contributed by atoms with Crippen LogP contribution in [0, 0.1) is 0 Å². The molecule has 0 radical (unpaired) electrons. The van der Waals surface area contributed by atoms with Gasteiger partial charge in [-0.1, -0.05) is 134 Å². The first-order chi connectivity index (χ1) is 22.8. The summed E-state index contributed by atoms with van der Waals surface area (Å²) in [6.45, 7) is 9.10. The Kier molecular flexibility index (Phi) is 10.6. The zero-order chi connectivity index (χ0) is 31.0. The van der Waals surface area contributed by atoms with Gasteiger partial charge in [0.2, 0.25) is 0 Å². The van der Waals surface area contributed by atoms with Gasteiger partial charge in [0.15, 0.2) is 0 Å². The second-order valence-corrected chi connectivity index (χ2v) is 13.8. The molecule has 240 valence electrons. The molecule has 6 saturated heterocycles. The summed E-state index contributed by atoms with van der Waals surface area (Å²) >= 11 is 0. The summed E-state index contributed by atoms with van der Waals surface area (Å²) in [4.78, 5) is 11.3. The van der Waals surface area contributed by atoms with E-state index in [0.29, 0.717) is 24.2 Å². The van der Waals surface area contributed by atoms with Crippen LogP contribution in [0.5, 0.6) is 0 Å². The van der Waals surface area contributed by atoms with Crippen molar-refractivity contribution in [3.05, 3.63) is 144 Å². The summed E-state index contributed by atoms with van der Waals surface area (Å²) in [5, 5.41) is 0. The van der Waals surface area contributed by atoms with Gasteiger partial charge in [0.05, 0.1) is 0 Å². The van der Waals surface area contributed by atoms with Gasteiger partial charge in [-0.25, -0.2) is 0 Å². The molecule has 6 fully saturated rings. The predicted molar refractivity (Wildman–Crippen MR) is 191 cm³/mol. The molecule has 4 nitrogen and oxygen atoms in total. The van der Waals surface area contributed by atoms with Crippen LogP contribution in [-0.2, 0) is 0 Å². The van der Waals surface area contributed by atoms with E-state index in [9.17, 15) is 0 Å². The molecule has 4 unspecified atom stereocenters. The van der Waals surface area contributed by atoms with Gasteiger partial charge in [-0.2, -0.15) is 0 Å². The summed E-state index contributed by atoms with van der Waals surface area (Å²) in [6, 6.07) is 47.2. The van der Waals surface area contributed by atoms with E-state index in [0.717, 1.165) is 26.2 Å². The van der Waals surface area contributed by atoms with Gasteiger partial charge in [0.25, 0.3) is 0 Å². The Balaban J connectivity index is 1.14. The van der Waals surface area contributed by atoms with Crippen molar-refractivity contribution < 1.29 is 0 Å². The van der Waals surface area contributed by atoms with Gasteiger partial charge < -0.3 is 0 Å². The maximum Gasteiger partial charge on any atom is 0.0476 e. The van der Waals surface area contributed by atoms with Crippen molar-refractivity contribution in [2.75, 3.05) is 52.4 Å². The normalized spacial score (nSPS) is 31.1. The van der Waals surface area contributed by atoms with Crippen LogP contribution in [0.15, 0.2) is 121 Å². The Morgan fingerprint density at radius 1 is 0.283 bits per heavy atom. The second kappa shape index (κ2) is 15.5. The van der Waals surface area contributed by atoms with E-state index < -0.39 is 0 Å². The second-order valence-electron chi connectivity index (χ2n) is 13.8. The van der Waals surface area contributed by atoms with Crippen molar-refractivity contribution >= 4 is 0 Å². The number of hydrogen-bond donors (Lipinski definition) is 0. The highest BCUT2D eigenvalue weighted by molar-refractivity contribution is 5.26. The standard InChI is InChI=1S/C42H52N4/c1-7-19-35(20-8-1)39-31-44-28-16-6-18-30-46-34-41(37-23-11-3-12-24-37)45(33-42(46)38-25-13-4-14-26-38)29-17-5-15-27-43(39)32-40(44)36-21-9-2-10-22-36/h1-4,7-14,19-26,39-42H,5-6,15-18,27-34H2/t39-,40-,41-,42-/m0/s1. The first-order valence-corrected chi connectivity index (χ1v) is 18.0. The fraction of sp³-hybridized carbons (Fsp3) is 0.429. The van der Waals surface area contributed by atoms with E-state index in [1.165, 1.54) is 87.0 Å². The molecule has 4 aromatic carbocycles. The number of benzene rings is 4. The predicted octanol–water partition coefficient (Wildman–Crippen LogP) is 8.54. The summed E-state index contributed by atoms with van der Waals surface area (Å²) in [5.41, 5.74) is 5.90. The third kappa shape index (κ3) is 7.47. The van der Waals surface area contributed by atoms with E-state index in [4.69, 9.17) is 0 Å². The first kappa shape index (κ1) is 31.3. The van der Waals surface area contributed by atoms with Gasteiger partial charge in [0.1, 0.15) is 0 Å². The van der Waals surface area contributed by atoms with Crippen molar-refractivity contribution in [3.63, 3.8) is 0 Å². The first-order valence-electron chi connectivity index (χ1n) is 18.0. The van der Waals surface area contributed by atoms with Crippen LogP contribution in [0.25, 0.3) is 0 Å². The highest BCUT2D eigenvalue weighted by Crippen LogP contribution is 2.37. The SMILES string of the molecule is c1ccc([C@@H]2CN3CCCCCN4C[C@@H](c5ccccc5)N(CCCCCN2C[C@H]3c2ccccc2)C[C@H]4c2ccccc2)cc1. The summed E-state index contributed by atoms with van der Waals surface area (Å²) in [5.74, 6) is 0. The van der Waals surface area contributed by atoms with Crippen LogP contribution >= 0.6 is 0 Å². The van der Waals surface area contributed by atoms with Crippen molar-refractivity contribution in [2.45, 2.75) is 62.7 Å². The van der Waals surface area contributed by atoms with Gasteiger partial charge in [-0.05, 0) is 74.1 Å². The molecule has 4 bridgehead atoms. The van der Waals surface area contributed by atoms with Crippen molar-refractivity contribution in [1.82, 2.24) is 19.6 Å². The molecule has 10 rings (SSSR count). The highest BCUT2D eigenvalue weighted by atomic mass is 15.3. The number of hydrogen-bond acceptors (Lipinski definition) is 4. The molecule has 4 heteroatoms. The summed E-state index contributed by atoms with van der Waals surface area (Å²) in [6.07, 6.45) is 7.56. The van der Waals surface area contributed by atoms with E-state index in [1.54, 1.807) is 0 Å². The summed E-state index contributed by atoms with van der Waals surface area (Å²) in [7, 11) is 0. The van der Waals surface area contributed by atoms with E-state index >= 15 is 0 Å². The summed E-state index contributed by atoms with van der Waals surface area (Å²) < 4.78 is 0. The monoisotopic (exact) mass is 612 g/mol. The molecule has 46 heavy (non-hydrogen) atoms. The zero-order valence-corrected chi connectivity index (χ0v) is 27.5. The molecule has 0 saturated carbocycles. The molecular formula is C42H52N4. The lowest BCUT2D eigenvalue weighted by Crippen LogP contribution is -2.51. The minimum Gasteiger partial charge on any atom is -0.293 e. The fourth-order valence-electron chi connectivity index (χ4n) is 8.43. The molecule has 0 amide bonds. The fourth-order valence-corrected chi connectivity index (χ4v) is 8.43. The maximum absolute atomic E-state index is 2.82. The Morgan fingerprint density at radius 3 is 0.717 bits per heavy atom. The molecular weight excluding hydrogens is 560 g/mol. The molecule has 4 aromatic rings. The van der Waals surface area contributed by atoms with E-state index in [1.807, 2.05) is 0 Å². The largest absolute Gasteiger partial charge is 0.293 e. The quantitative estimate of drug-likeness (QED) is 0.229.